The van der Waals surface area contributed by atoms with E-state index in [4.69, 9.17) is 5.73 Å². The van der Waals surface area contributed by atoms with Crippen LogP contribution in [0.4, 0.5) is 10.1 Å². The molecule has 226 valence electrons. The van der Waals surface area contributed by atoms with Gasteiger partial charge >= 0.3 is 0 Å². The molecule has 0 bridgehead atoms. The van der Waals surface area contributed by atoms with Crippen LogP contribution < -0.4 is 16.4 Å². The predicted octanol–water partition coefficient (Wildman–Crippen LogP) is 0.883. The first kappa shape index (κ1) is 34.0. The maximum Gasteiger partial charge on any atom is 0.255 e. The van der Waals surface area contributed by atoms with Crippen LogP contribution in [0.2, 0.25) is 0 Å². The normalized spacial score (nSPS) is 25.2. The van der Waals surface area contributed by atoms with Crippen molar-refractivity contribution in [2.75, 3.05) is 26.0 Å². The van der Waals surface area contributed by atoms with Gasteiger partial charge in [-0.1, -0.05) is 13.8 Å². The van der Waals surface area contributed by atoms with E-state index in [1.807, 2.05) is 13.8 Å². The molecule has 8 N–H and O–H groups in total. The number of anilines is 1. The lowest BCUT2D eigenvalue weighted by molar-refractivity contribution is -0.153. The minimum atomic E-state index is -2.80. The first-order valence-electron chi connectivity index (χ1n) is 12.3. The van der Waals surface area contributed by atoms with E-state index in [-0.39, 0.29) is 61.5 Å². The van der Waals surface area contributed by atoms with Crippen LogP contribution in [0.1, 0.15) is 31.4 Å². The molecule has 0 saturated heterocycles. The van der Waals surface area contributed by atoms with Gasteiger partial charge in [0, 0.05) is 29.2 Å². The number of aliphatic hydroxyl groups excluding tert-OH is 2. The lowest BCUT2D eigenvalue weighted by Crippen LogP contribution is -2.65. The smallest absolute Gasteiger partial charge is 0.255 e. The summed E-state index contributed by atoms with van der Waals surface area (Å²) in [6.07, 6.45) is -0.359. The van der Waals surface area contributed by atoms with Crippen LogP contribution in [-0.2, 0) is 25.6 Å². The Labute approximate surface area is 247 Å². The molecule has 12 nitrogen and oxygen atoms in total. The van der Waals surface area contributed by atoms with Crippen LogP contribution >= 0.6 is 24.8 Å². The lowest BCUT2D eigenvalue weighted by atomic mass is 9.57. The molecule has 1 saturated carbocycles. The second kappa shape index (κ2) is 11.9. The summed E-state index contributed by atoms with van der Waals surface area (Å²) in [5.41, 5.74) is 0.238. The highest BCUT2D eigenvalue weighted by Crippen LogP contribution is 2.53. The zero-order valence-corrected chi connectivity index (χ0v) is 24.3. The Morgan fingerprint density at radius 1 is 1.20 bits per heavy atom. The number of likely N-dealkylation sites (N-methyl/N-ethyl adjacent to an activating group) is 1. The number of aromatic hydroxyl groups is 1. The minimum Gasteiger partial charge on any atom is -0.508 e. The number of hydrogen-bond acceptors (Lipinski definition) is 10. The summed E-state index contributed by atoms with van der Waals surface area (Å²) < 4.78 is 15.3. The Morgan fingerprint density at radius 3 is 2.34 bits per heavy atom. The molecule has 0 aliphatic heterocycles. The molecule has 0 aromatic heterocycles. The number of nitrogens with zero attached hydrogens (tertiary/aromatic N) is 1. The van der Waals surface area contributed by atoms with Crippen LogP contribution in [0.15, 0.2) is 23.0 Å². The Morgan fingerprint density at radius 2 is 1.80 bits per heavy atom. The maximum atomic E-state index is 15.3. The Balaban J connectivity index is 0.00000294. The van der Waals surface area contributed by atoms with Crippen molar-refractivity contribution in [3.8, 4) is 5.75 Å². The quantitative estimate of drug-likeness (QED) is 0.177. The fourth-order valence-corrected chi connectivity index (χ4v) is 5.85. The number of rotatable bonds is 6. The number of aliphatic hydroxyl groups is 3. The molecule has 1 aromatic rings. The summed E-state index contributed by atoms with van der Waals surface area (Å²) in [6, 6.07) is -0.357. The average Bonchev–Trinajstić information content (AvgIpc) is 2.82. The van der Waals surface area contributed by atoms with E-state index < -0.39 is 86.7 Å². The number of carbonyl (C=O) groups excluding carboxylic acids is 4. The molecule has 0 spiro atoms. The van der Waals surface area contributed by atoms with Crippen LogP contribution in [0.25, 0.3) is 5.76 Å². The van der Waals surface area contributed by atoms with E-state index in [2.05, 4.69) is 10.6 Å². The van der Waals surface area contributed by atoms with Gasteiger partial charge in [-0.3, -0.25) is 24.1 Å². The van der Waals surface area contributed by atoms with Crippen LogP contribution in [0, 0.1) is 17.7 Å². The molecule has 3 aliphatic carbocycles. The third-order valence-electron chi connectivity index (χ3n) is 7.61. The van der Waals surface area contributed by atoms with Gasteiger partial charge in [0.05, 0.1) is 23.8 Å². The minimum absolute atomic E-state index is 0. The number of hydrogen-bond donors (Lipinski definition) is 7. The number of amides is 2. The van der Waals surface area contributed by atoms with E-state index in [0.717, 1.165) is 6.07 Å². The van der Waals surface area contributed by atoms with Gasteiger partial charge in [0.2, 0.25) is 11.7 Å². The molecule has 0 heterocycles. The number of nitrogens with two attached hydrogens (primary N) is 1. The second-order valence-corrected chi connectivity index (χ2v) is 10.7. The largest absolute Gasteiger partial charge is 0.508 e. The van der Waals surface area contributed by atoms with Crippen molar-refractivity contribution in [3.05, 3.63) is 39.9 Å². The van der Waals surface area contributed by atoms with Crippen LogP contribution in [0.5, 0.6) is 5.75 Å². The van der Waals surface area contributed by atoms with Gasteiger partial charge in [-0.2, -0.15) is 0 Å². The number of phenolic OH excluding ortho intramolecular Hbond substituents is 1. The number of primary amides is 1. The molecule has 1 aromatic carbocycles. The van der Waals surface area contributed by atoms with Gasteiger partial charge in [-0.25, -0.2) is 4.39 Å². The number of phenols is 1. The molecule has 0 radical (unpaired) electrons. The van der Waals surface area contributed by atoms with Gasteiger partial charge in [0.15, 0.2) is 17.1 Å². The number of ketones is 2. The predicted molar refractivity (Wildman–Crippen MR) is 150 cm³/mol. The molecule has 2 amide bonds. The first-order chi connectivity index (χ1) is 18.1. The van der Waals surface area contributed by atoms with E-state index in [9.17, 15) is 39.6 Å². The molecule has 3 aliphatic rings. The summed E-state index contributed by atoms with van der Waals surface area (Å²) in [4.78, 5) is 52.6. The number of fused-ring (bicyclic) bond motifs is 3. The van der Waals surface area contributed by atoms with E-state index >= 15 is 4.39 Å². The summed E-state index contributed by atoms with van der Waals surface area (Å²) in [6.45, 7) is 3.48. The summed E-state index contributed by atoms with van der Waals surface area (Å²) in [5.74, 6) is -9.82. The number of Topliss-reactive ketones (excluding diaryl/α,β-unsaturated/α-hetero) is 2. The fraction of sp³-hybridized carbons (Fsp3) is 0.462. The van der Waals surface area contributed by atoms with E-state index in [1.54, 1.807) is 0 Å². The second-order valence-electron chi connectivity index (χ2n) is 10.7. The zero-order chi connectivity index (χ0) is 29.1. The lowest BCUT2D eigenvalue weighted by Gasteiger charge is -2.50. The number of nitrogens with one attached hydrogen (secondary N) is 2. The van der Waals surface area contributed by atoms with Crippen molar-refractivity contribution in [2.24, 2.45) is 17.6 Å². The number of halogens is 3. The topological polar surface area (TPSA) is 203 Å². The van der Waals surface area contributed by atoms with Crippen molar-refractivity contribution in [3.63, 3.8) is 0 Å². The Kier molecular flexibility index (Phi) is 9.89. The van der Waals surface area contributed by atoms with E-state index in [0.29, 0.717) is 0 Å². The summed E-state index contributed by atoms with van der Waals surface area (Å²) in [7, 11) is 2.97. The molecule has 1 fully saturated rings. The number of benzene rings is 1. The first-order valence-corrected chi connectivity index (χ1v) is 12.3. The van der Waals surface area contributed by atoms with Crippen molar-refractivity contribution >= 4 is 59.6 Å². The van der Waals surface area contributed by atoms with Gasteiger partial charge in [0.25, 0.3) is 5.91 Å². The molecule has 4 rings (SSSR count). The van der Waals surface area contributed by atoms with Gasteiger partial charge < -0.3 is 36.8 Å². The standard InChI is InChI=1S/C26H31FN4O8.2ClH/c1-9(2)29-8-15(32)30-14-7-13(27)11-5-10-6-12-19(31(3)4)22(35)18(25(28)38)24(37)26(12,39)23(36)16(10)21(34)17(11)20(14)33;;/h7,9-10,12,19,29,33-34,37,39H,5-6,8H2,1-4H3,(H2,28,38)(H,30,32);2*1H/t10-,12-,19-,26-;;/m0../s1. The Bertz CT molecular complexity index is 1380. The summed E-state index contributed by atoms with van der Waals surface area (Å²) in [5, 5.41) is 49.8. The van der Waals surface area contributed by atoms with Crippen molar-refractivity contribution in [1.82, 2.24) is 10.2 Å². The van der Waals surface area contributed by atoms with E-state index in [1.165, 1.54) is 19.0 Å². The third-order valence-corrected chi connectivity index (χ3v) is 7.61. The van der Waals surface area contributed by atoms with Gasteiger partial charge in [0.1, 0.15) is 22.9 Å². The molecular weight excluding hydrogens is 586 g/mol. The van der Waals surface area contributed by atoms with Crippen molar-refractivity contribution in [1.29, 1.82) is 0 Å². The molecule has 4 atom stereocenters. The SMILES string of the molecule is CC(C)NCC(=O)Nc1cc(F)c2c(c1O)C(O)=C1C(=O)[C@]3(O)C(O)=C(C(N)=O)C(=O)[C@@H](N(C)C)[C@@H]3C[C@@H]1C2.Cl.Cl. The maximum absolute atomic E-state index is 15.3. The average molecular weight is 619 g/mol. The molecule has 41 heavy (non-hydrogen) atoms. The molecule has 0 unspecified atom stereocenters. The summed E-state index contributed by atoms with van der Waals surface area (Å²) >= 11 is 0. The Hall–Kier alpha value is -3.23. The zero-order valence-electron chi connectivity index (χ0n) is 22.6. The van der Waals surface area contributed by atoms with Gasteiger partial charge in [-0.05, 0) is 32.9 Å². The van der Waals surface area contributed by atoms with Crippen LogP contribution in [-0.4, -0.2) is 87.0 Å². The fourth-order valence-electron chi connectivity index (χ4n) is 5.85. The highest BCUT2D eigenvalue weighted by Gasteiger charge is 2.64. The highest BCUT2D eigenvalue weighted by molar-refractivity contribution is 6.24. The van der Waals surface area contributed by atoms with Crippen LogP contribution in [0.3, 0.4) is 0 Å². The molecule has 15 heteroatoms. The third kappa shape index (κ3) is 5.28. The monoisotopic (exact) mass is 618 g/mol. The van der Waals surface area contributed by atoms with Crippen molar-refractivity contribution in [2.45, 2.75) is 44.4 Å². The molecular formula is C26H33Cl2FN4O8. The van der Waals surface area contributed by atoms with Gasteiger partial charge in [-0.15, -0.1) is 24.8 Å². The highest BCUT2D eigenvalue weighted by atomic mass is 35.5. The number of carbonyl (C=O) groups is 4. The van der Waals surface area contributed by atoms with Crippen molar-refractivity contribution < 1.29 is 44.0 Å².